The van der Waals surface area contributed by atoms with Crippen LogP contribution in [0.25, 0.3) is 0 Å². The van der Waals surface area contributed by atoms with Crippen molar-refractivity contribution >= 4 is 5.69 Å². The van der Waals surface area contributed by atoms with Gasteiger partial charge in [0, 0.05) is 23.7 Å². The molecule has 1 atom stereocenters. The van der Waals surface area contributed by atoms with Gasteiger partial charge in [0.15, 0.2) is 0 Å². The van der Waals surface area contributed by atoms with Crippen LogP contribution in [-0.4, -0.2) is 4.92 Å². The third-order valence-electron chi connectivity index (χ3n) is 2.27. The molecule has 1 aromatic carbocycles. The van der Waals surface area contributed by atoms with Gasteiger partial charge in [-0.1, -0.05) is 6.08 Å². The minimum absolute atomic E-state index is 0.148. The van der Waals surface area contributed by atoms with Crippen molar-refractivity contribution in [2.24, 2.45) is 5.73 Å². The van der Waals surface area contributed by atoms with Crippen LogP contribution >= 0.6 is 0 Å². The van der Waals surface area contributed by atoms with Gasteiger partial charge in [-0.25, -0.2) is 4.39 Å². The van der Waals surface area contributed by atoms with Crippen molar-refractivity contribution in [2.45, 2.75) is 18.9 Å². The first kappa shape index (κ1) is 12.3. The number of non-ortho nitro benzene ring substituents is 1. The van der Waals surface area contributed by atoms with Crippen molar-refractivity contribution < 1.29 is 9.31 Å². The smallest absolute Gasteiger partial charge is 0.269 e. The molecule has 0 bridgehead atoms. The Bertz CT molecular complexity index is 407. The predicted octanol–water partition coefficient (Wildman–Crippen LogP) is 2.70. The molecule has 0 aliphatic carbocycles. The third-order valence-corrected chi connectivity index (χ3v) is 2.27. The molecule has 5 heteroatoms. The average Bonchev–Trinajstić information content (AvgIpc) is 2.26. The molecule has 16 heavy (non-hydrogen) atoms. The van der Waals surface area contributed by atoms with E-state index in [1.165, 1.54) is 6.07 Å². The van der Waals surface area contributed by atoms with E-state index in [9.17, 15) is 14.5 Å². The number of rotatable bonds is 5. The lowest BCUT2D eigenvalue weighted by Crippen LogP contribution is -2.12. The summed E-state index contributed by atoms with van der Waals surface area (Å²) in [6.07, 6.45) is 2.83. The summed E-state index contributed by atoms with van der Waals surface area (Å²) >= 11 is 0. The minimum atomic E-state index is -0.566. The summed E-state index contributed by atoms with van der Waals surface area (Å²) in [7, 11) is 0. The van der Waals surface area contributed by atoms with E-state index in [1.54, 1.807) is 6.08 Å². The van der Waals surface area contributed by atoms with E-state index >= 15 is 0 Å². The number of hydrogen-bond donors (Lipinski definition) is 1. The topological polar surface area (TPSA) is 69.2 Å². The number of hydrogen-bond acceptors (Lipinski definition) is 3. The SMILES string of the molecule is C=CCC[C@@H](N)c1cc([N+](=O)[O-])ccc1F. The molecule has 1 rings (SSSR count). The zero-order chi connectivity index (χ0) is 12.1. The highest BCUT2D eigenvalue weighted by Gasteiger charge is 2.15. The maximum Gasteiger partial charge on any atom is 0.269 e. The summed E-state index contributed by atoms with van der Waals surface area (Å²) in [6, 6.07) is 2.83. The summed E-state index contributed by atoms with van der Waals surface area (Å²) in [5, 5.41) is 10.5. The Kier molecular flexibility index (Phi) is 4.13. The van der Waals surface area contributed by atoms with Crippen LogP contribution in [0.5, 0.6) is 0 Å². The van der Waals surface area contributed by atoms with Crippen LogP contribution in [0.1, 0.15) is 24.4 Å². The van der Waals surface area contributed by atoms with Crippen LogP contribution < -0.4 is 5.73 Å². The zero-order valence-electron chi connectivity index (χ0n) is 8.73. The van der Waals surface area contributed by atoms with Gasteiger partial charge in [-0.2, -0.15) is 0 Å². The second kappa shape index (κ2) is 5.37. The summed E-state index contributed by atoms with van der Waals surface area (Å²) in [5.41, 5.74) is 5.77. The van der Waals surface area contributed by atoms with Gasteiger partial charge in [-0.15, -0.1) is 6.58 Å². The fourth-order valence-corrected chi connectivity index (χ4v) is 1.38. The second-order valence-corrected chi connectivity index (χ2v) is 3.44. The highest BCUT2D eigenvalue weighted by Crippen LogP contribution is 2.24. The second-order valence-electron chi connectivity index (χ2n) is 3.44. The summed E-state index contributed by atoms with van der Waals surface area (Å²) in [4.78, 5) is 9.96. The van der Waals surface area contributed by atoms with Crippen LogP contribution in [0, 0.1) is 15.9 Å². The lowest BCUT2D eigenvalue weighted by molar-refractivity contribution is -0.385. The van der Waals surface area contributed by atoms with Crippen LogP contribution in [-0.2, 0) is 0 Å². The highest BCUT2D eigenvalue weighted by atomic mass is 19.1. The van der Waals surface area contributed by atoms with Crippen molar-refractivity contribution in [3.8, 4) is 0 Å². The van der Waals surface area contributed by atoms with Crippen molar-refractivity contribution in [1.82, 2.24) is 0 Å². The lowest BCUT2D eigenvalue weighted by Gasteiger charge is -2.11. The van der Waals surface area contributed by atoms with Gasteiger partial charge in [0.05, 0.1) is 4.92 Å². The first-order valence-electron chi connectivity index (χ1n) is 4.86. The van der Waals surface area contributed by atoms with Gasteiger partial charge in [0.2, 0.25) is 0 Å². The monoisotopic (exact) mass is 224 g/mol. The molecule has 0 unspecified atom stereocenters. The van der Waals surface area contributed by atoms with E-state index in [-0.39, 0.29) is 11.3 Å². The normalized spacial score (nSPS) is 12.1. The van der Waals surface area contributed by atoms with E-state index in [1.807, 2.05) is 0 Å². The Morgan fingerprint density at radius 2 is 2.31 bits per heavy atom. The van der Waals surface area contributed by atoms with Gasteiger partial charge in [0.1, 0.15) is 5.82 Å². The Hall–Kier alpha value is -1.75. The maximum atomic E-state index is 13.4. The molecule has 0 spiro atoms. The van der Waals surface area contributed by atoms with E-state index in [0.29, 0.717) is 12.8 Å². The van der Waals surface area contributed by atoms with E-state index in [0.717, 1.165) is 12.1 Å². The van der Waals surface area contributed by atoms with Gasteiger partial charge in [-0.3, -0.25) is 10.1 Å². The number of nitro benzene ring substituents is 1. The number of nitrogens with two attached hydrogens (primary N) is 1. The summed E-state index contributed by atoms with van der Waals surface area (Å²) in [6.45, 7) is 3.54. The van der Waals surface area contributed by atoms with Crippen LogP contribution in [0.15, 0.2) is 30.9 Å². The Labute approximate surface area is 92.7 Å². The molecule has 86 valence electrons. The number of nitrogens with zero attached hydrogens (tertiary/aromatic N) is 1. The molecule has 0 heterocycles. The molecule has 0 saturated heterocycles. The van der Waals surface area contributed by atoms with Gasteiger partial charge in [0.25, 0.3) is 5.69 Å². The standard InChI is InChI=1S/C11H13FN2O2/c1-2-3-4-11(13)9-7-8(14(15)16)5-6-10(9)12/h2,5-7,11H,1,3-4,13H2/t11-/m1/s1. The summed E-state index contributed by atoms with van der Waals surface area (Å²) in [5.74, 6) is -0.512. The van der Waals surface area contributed by atoms with Gasteiger partial charge >= 0.3 is 0 Å². The molecular weight excluding hydrogens is 211 g/mol. The van der Waals surface area contributed by atoms with E-state index in [4.69, 9.17) is 5.73 Å². The lowest BCUT2D eigenvalue weighted by atomic mass is 10.0. The Morgan fingerprint density at radius 1 is 1.62 bits per heavy atom. The number of halogens is 1. The van der Waals surface area contributed by atoms with Crippen molar-refractivity contribution in [3.05, 3.63) is 52.3 Å². The van der Waals surface area contributed by atoms with E-state index in [2.05, 4.69) is 6.58 Å². The van der Waals surface area contributed by atoms with Gasteiger partial charge in [-0.05, 0) is 18.9 Å². The molecule has 0 amide bonds. The number of benzene rings is 1. The number of allylic oxidation sites excluding steroid dienone is 1. The fourth-order valence-electron chi connectivity index (χ4n) is 1.38. The minimum Gasteiger partial charge on any atom is -0.324 e. The first-order valence-corrected chi connectivity index (χ1v) is 4.86. The van der Waals surface area contributed by atoms with Crippen molar-refractivity contribution in [2.75, 3.05) is 0 Å². The molecular formula is C11H13FN2O2. The highest BCUT2D eigenvalue weighted by molar-refractivity contribution is 5.36. The molecule has 0 saturated carbocycles. The Morgan fingerprint density at radius 3 is 2.88 bits per heavy atom. The third kappa shape index (κ3) is 2.87. The van der Waals surface area contributed by atoms with Gasteiger partial charge < -0.3 is 5.73 Å². The molecule has 4 nitrogen and oxygen atoms in total. The zero-order valence-corrected chi connectivity index (χ0v) is 8.73. The quantitative estimate of drug-likeness (QED) is 0.475. The molecule has 2 N–H and O–H groups in total. The van der Waals surface area contributed by atoms with Crippen molar-refractivity contribution in [3.63, 3.8) is 0 Å². The Balaban J connectivity index is 2.96. The molecule has 0 radical (unpaired) electrons. The molecule has 0 aromatic heterocycles. The molecule has 0 fully saturated rings. The molecule has 1 aromatic rings. The van der Waals surface area contributed by atoms with Crippen LogP contribution in [0.3, 0.4) is 0 Å². The molecule has 0 aliphatic heterocycles. The fraction of sp³-hybridized carbons (Fsp3) is 0.273. The van der Waals surface area contributed by atoms with Crippen LogP contribution in [0.4, 0.5) is 10.1 Å². The first-order chi connectivity index (χ1) is 7.56. The maximum absolute atomic E-state index is 13.4. The largest absolute Gasteiger partial charge is 0.324 e. The molecule has 0 aliphatic rings. The van der Waals surface area contributed by atoms with Crippen molar-refractivity contribution in [1.29, 1.82) is 0 Å². The average molecular weight is 224 g/mol. The van der Waals surface area contributed by atoms with E-state index < -0.39 is 16.8 Å². The predicted molar refractivity (Wildman–Crippen MR) is 59.4 cm³/mol. The summed E-state index contributed by atoms with van der Waals surface area (Å²) < 4.78 is 13.4. The van der Waals surface area contributed by atoms with Crippen LogP contribution in [0.2, 0.25) is 0 Å². The number of nitro groups is 1.